The van der Waals surface area contributed by atoms with Crippen molar-refractivity contribution in [3.05, 3.63) is 12.8 Å². The van der Waals surface area contributed by atoms with Crippen LogP contribution in [-0.4, -0.2) is 24.7 Å². The van der Waals surface area contributed by atoms with Crippen molar-refractivity contribution in [3.63, 3.8) is 0 Å². The number of rotatable bonds is 5. The fourth-order valence-corrected chi connectivity index (χ4v) is 0.564. The van der Waals surface area contributed by atoms with Crippen molar-refractivity contribution in [1.82, 2.24) is 4.90 Å². The first-order valence-corrected chi connectivity index (χ1v) is 3.30. The minimum Gasteiger partial charge on any atom is -0.486 e. The highest BCUT2D eigenvalue weighted by molar-refractivity contribution is 4.50. The maximum Gasteiger partial charge on any atom is 0.141 e. The zero-order chi connectivity index (χ0) is 7.11. The van der Waals surface area contributed by atoms with Crippen LogP contribution >= 0.6 is 0 Å². The van der Waals surface area contributed by atoms with Gasteiger partial charge in [0.15, 0.2) is 0 Å². The van der Waals surface area contributed by atoms with Gasteiger partial charge in [0.05, 0.1) is 6.26 Å². The first kappa shape index (κ1) is 8.50. The Hall–Kier alpha value is -0.500. The SMILES string of the molecule is C=COCN(CC)CC. The van der Waals surface area contributed by atoms with Crippen LogP contribution in [0.4, 0.5) is 0 Å². The van der Waals surface area contributed by atoms with E-state index >= 15 is 0 Å². The molecule has 0 spiro atoms. The van der Waals surface area contributed by atoms with Gasteiger partial charge in [-0.05, 0) is 13.1 Å². The van der Waals surface area contributed by atoms with E-state index < -0.39 is 0 Å². The van der Waals surface area contributed by atoms with Crippen molar-refractivity contribution in [2.24, 2.45) is 0 Å². The zero-order valence-electron chi connectivity index (χ0n) is 6.26. The minimum atomic E-state index is 0.663. The molecule has 0 rings (SSSR count). The highest BCUT2D eigenvalue weighted by atomic mass is 16.5. The predicted octanol–water partition coefficient (Wildman–Crippen LogP) is 1.45. The quantitative estimate of drug-likeness (QED) is 0.411. The number of ether oxygens (including phenoxy) is 1. The summed E-state index contributed by atoms with van der Waals surface area (Å²) < 4.78 is 4.97. The third-order valence-corrected chi connectivity index (χ3v) is 1.27. The summed E-state index contributed by atoms with van der Waals surface area (Å²) in [6.07, 6.45) is 1.47. The van der Waals surface area contributed by atoms with Crippen molar-refractivity contribution in [3.8, 4) is 0 Å². The lowest BCUT2D eigenvalue weighted by Gasteiger charge is -2.16. The van der Waals surface area contributed by atoms with Crippen LogP contribution in [0.3, 0.4) is 0 Å². The Kier molecular flexibility index (Phi) is 5.32. The Morgan fingerprint density at radius 2 is 2.00 bits per heavy atom. The summed E-state index contributed by atoms with van der Waals surface area (Å²) in [5, 5.41) is 0. The van der Waals surface area contributed by atoms with E-state index in [1.807, 2.05) is 0 Å². The fraction of sp³-hybridized carbons (Fsp3) is 0.714. The van der Waals surface area contributed by atoms with Crippen molar-refractivity contribution in [2.45, 2.75) is 13.8 Å². The Labute approximate surface area is 57.1 Å². The van der Waals surface area contributed by atoms with Crippen molar-refractivity contribution < 1.29 is 4.74 Å². The maximum atomic E-state index is 4.97. The lowest BCUT2D eigenvalue weighted by molar-refractivity contribution is 0.100. The molecule has 0 aromatic heterocycles. The van der Waals surface area contributed by atoms with Gasteiger partial charge in [0.2, 0.25) is 0 Å². The third-order valence-electron chi connectivity index (χ3n) is 1.27. The van der Waals surface area contributed by atoms with Gasteiger partial charge in [-0.2, -0.15) is 0 Å². The molecule has 0 saturated heterocycles. The van der Waals surface area contributed by atoms with Crippen LogP contribution in [0.5, 0.6) is 0 Å². The molecule has 9 heavy (non-hydrogen) atoms. The summed E-state index contributed by atoms with van der Waals surface area (Å²) in [6, 6.07) is 0. The smallest absolute Gasteiger partial charge is 0.141 e. The number of hydrogen-bond acceptors (Lipinski definition) is 2. The second-order valence-corrected chi connectivity index (χ2v) is 1.77. The summed E-state index contributed by atoms with van der Waals surface area (Å²) in [5.74, 6) is 0. The standard InChI is InChI=1S/C7H15NO/c1-4-8(5-2)7-9-6-3/h6H,3-5,7H2,1-2H3. The average Bonchev–Trinajstić information content (AvgIpc) is 1.91. The first-order valence-electron chi connectivity index (χ1n) is 3.30. The van der Waals surface area contributed by atoms with E-state index in [1.165, 1.54) is 6.26 Å². The molecule has 0 heterocycles. The van der Waals surface area contributed by atoms with E-state index in [-0.39, 0.29) is 0 Å². The Balaban J connectivity index is 3.19. The highest BCUT2D eigenvalue weighted by Crippen LogP contribution is 1.86. The van der Waals surface area contributed by atoms with Crippen LogP contribution in [0.15, 0.2) is 12.8 Å². The number of hydrogen-bond donors (Lipinski definition) is 0. The van der Waals surface area contributed by atoms with Crippen LogP contribution in [0.25, 0.3) is 0 Å². The molecule has 0 radical (unpaired) electrons. The minimum absolute atomic E-state index is 0.663. The molecule has 0 saturated carbocycles. The van der Waals surface area contributed by atoms with Crippen LogP contribution in [0.1, 0.15) is 13.8 Å². The molecule has 2 nitrogen and oxygen atoms in total. The molecule has 0 bridgehead atoms. The van der Waals surface area contributed by atoms with Crippen LogP contribution in [0, 0.1) is 0 Å². The second kappa shape index (κ2) is 5.63. The normalized spacial score (nSPS) is 9.67. The number of nitrogens with zero attached hydrogens (tertiary/aromatic N) is 1. The summed E-state index contributed by atoms with van der Waals surface area (Å²) in [7, 11) is 0. The molecule has 0 aliphatic heterocycles. The fourth-order valence-electron chi connectivity index (χ4n) is 0.564. The molecule has 0 unspecified atom stereocenters. The summed E-state index contributed by atoms with van der Waals surface area (Å²) in [6.45, 7) is 10.4. The van der Waals surface area contributed by atoms with E-state index in [4.69, 9.17) is 4.74 Å². The van der Waals surface area contributed by atoms with Gasteiger partial charge in [0, 0.05) is 0 Å². The Bertz CT molecular complexity index is 69.3. The zero-order valence-corrected chi connectivity index (χ0v) is 6.26. The van der Waals surface area contributed by atoms with Crippen molar-refractivity contribution in [2.75, 3.05) is 19.8 Å². The second-order valence-electron chi connectivity index (χ2n) is 1.77. The van der Waals surface area contributed by atoms with Crippen molar-refractivity contribution in [1.29, 1.82) is 0 Å². The van der Waals surface area contributed by atoms with Gasteiger partial charge in [-0.3, -0.25) is 4.90 Å². The molecular weight excluding hydrogens is 114 g/mol. The third kappa shape index (κ3) is 4.03. The van der Waals surface area contributed by atoms with Gasteiger partial charge in [-0.15, -0.1) is 0 Å². The lowest BCUT2D eigenvalue weighted by atomic mass is 10.6. The molecule has 0 aliphatic carbocycles. The molecule has 0 fully saturated rings. The Morgan fingerprint density at radius 1 is 1.44 bits per heavy atom. The molecule has 0 amide bonds. The van der Waals surface area contributed by atoms with E-state index in [0.717, 1.165) is 13.1 Å². The topological polar surface area (TPSA) is 12.5 Å². The van der Waals surface area contributed by atoms with E-state index in [1.54, 1.807) is 0 Å². The van der Waals surface area contributed by atoms with E-state index in [9.17, 15) is 0 Å². The van der Waals surface area contributed by atoms with Gasteiger partial charge in [0.1, 0.15) is 6.73 Å². The van der Waals surface area contributed by atoms with Crippen molar-refractivity contribution >= 4 is 0 Å². The molecule has 0 atom stereocenters. The first-order chi connectivity index (χ1) is 4.35. The summed E-state index contributed by atoms with van der Waals surface area (Å²) in [4.78, 5) is 2.17. The molecule has 0 aliphatic rings. The van der Waals surface area contributed by atoms with Gasteiger partial charge in [0.25, 0.3) is 0 Å². The molecular formula is C7H15NO. The molecule has 0 N–H and O–H groups in total. The molecule has 0 aromatic carbocycles. The molecule has 0 aromatic rings. The Morgan fingerprint density at radius 3 is 2.33 bits per heavy atom. The summed E-state index contributed by atoms with van der Waals surface area (Å²) in [5.41, 5.74) is 0. The van der Waals surface area contributed by atoms with E-state index in [2.05, 4.69) is 25.3 Å². The molecule has 54 valence electrons. The monoisotopic (exact) mass is 129 g/mol. The van der Waals surface area contributed by atoms with Gasteiger partial charge in [-0.25, -0.2) is 0 Å². The predicted molar refractivity (Wildman–Crippen MR) is 39.1 cm³/mol. The van der Waals surface area contributed by atoms with Gasteiger partial charge in [-0.1, -0.05) is 20.4 Å². The largest absolute Gasteiger partial charge is 0.486 e. The average molecular weight is 129 g/mol. The lowest BCUT2D eigenvalue weighted by Crippen LogP contribution is -2.24. The summed E-state index contributed by atoms with van der Waals surface area (Å²) >= 11 is 0. The van der Waals surface area contributed by atoms with Gasteiger partial charge >= 0.3 is 0 Å². The molecule has 2 heteroatoms. The van der Waals surface area contributed by atoms with Crippen LogP contribution in [0.2, 0.25) is 0 Å². The van der Waals surface area contributed by atoms with Gasteiger partial charge < -0.3 is 4.74 Å². The van der Waals surface area contributed by atoms with E-state index in [0.29, 0.717) is 6.73 Å². The van der Waals surface area contributed by atoms with Crippen LogP contribution in [-0.2, 0) is 4.74 Å². The highest BCUT2D eigenvalue weighted by Gasteiger charge is 1.94. The van der Waals surface area contributed by atoms with Crippen LogP contribution < -0.4 is 0 Å². The maximum absolute atomic E-state index is 4.97.